The predicted molar refractivity (Wildman–Crippen MR) is 70.7 cm³/mol. The molecular formula is C12H16F2N2O3S. The van der Waals surface area contributed by atoms with Gasteiger partial charge in [-0.15, -0.1) is 0 Å². The summed E-state index contributed by atoms with van der Waals surface area (Å²) in [6.07, 6.45) is 0.0134. The molecule has 1 unspecified atom stereocenters. The standard InChI is InChI=1S/C12H16F2N2O3S/c1-19-11-7-15-6-10(11)16-8-2-4-9(5-3-8)20(17,18)12(13)14/h2-5,10-12,15-16H,6-7H2,1H3/t10?,11-/m0/s1. The third-order valence-electron chi connectivity index (χ3n) is 3.23. The molecule has 1 fully saturated rings. The molecule has 1 aliphatic rings. The number of hydrogen-bond acceptors (Lipinski definition) is 5. The monoisotopic (exact) mass is 306 g/mol. The van der Waals surface area contributed by atoms with Crippen molar-refractivity contribution in [3.63, 3.8) is 0 Å². The Morgan fingerprint density at radius 1 is 1.30 bits per heavy atom. The maximum absolute atomic E-state index is 12.4. The van der Waals surface area contributed by atoms with Crippen LogP contribution in [0.25, 0.3) is 0 Å². The molecule has 0 aromatic heterocycles. The van der Waals surface area contributed by atoms with Gasteiger partial charge in [-0.05, 0) is 24.3 Å². The number of anilines is 1. The predicted octanol–water partition coefficient (Wildman–Crippen LogP) is 1.08. The maximum atomic E-state index is 12.4. The quantitative estimate of drug-likeness (QED) is 0.852. The van der Waals surface area contributed by atoms with Gasteiger partial charge < -0.3 is 15.4 Å². The Labute approximate surface area is 116 Å². The lowest BCUT2D eigenvalue weighted by Crippen LogP contribution is -2.33. The minimum Gasteiger partial charge on any atom is -0.378 e. The van der Waals surface area contributed by atoms with Crippen LogP contribution in [0.1, 0.15) is 0 Å². The molecule has 0 radical (unpaired) electrons. The summed E-state index contributed by atoms with van der Waals surface area (Å²) in [7, 11) is -2.92. The summed E-state index contributed by atoms with van der Waals surface area (Å²) in [4.78, 5) is -0.383. The van der Waals surface area contributed by atoms with Crippen molar-refractivity contribution >= 4 is 15.5 Å². The smallest absolute Gasteiger partial charge is 0.341 e. The van der Waals surface area contributed by atoms with Crippen molar-refractivity contribution < 1.29 is 21.9 Å². The second-order valence-electron chi connectivity index (χ2n) is 4.51. The number of nitrogens with one attached hydrogen (secondary N) is 2. The molecule has 5 nitrogen and oxygen atoms in total. The highest BCUT2D eigenvalue weighted by molar-refractivity contribution is 7.91. The topological polar surface area (TPSA) is 67.4 Å². The summed E-state index contributed by atoms with van der Waals surface area (Å²) in [6, 6.07) is 5.35. The number of alkyl halides is 2. The van der Waals surface area contributed by atoms with Crippen molar-refractivity contribution in [1.82, 2.24) is 5.32 Å². The van der Waals surface area contributed by atoms with Gasteiger partial charge in [-0.1, -0.05) is 0 Å². The van der Waals surface area contributed by atoms with Gasteiger partial charge in [0.2, 0.25) is 9.84 Å². The molecule has 2 atom stereocenters. The molecule has 1 saturated heterocycles. The Kier molecular flexibility index (Phi) is 4.56. The fourth-order valence-corrected chi connectivity index (χ4v) is 2.83. The molecule has 8 heteroatoms. The van der Waals surface area contributed by atoms with Crippen LogP contribution in [0.15, 0.2) is 29.2 Å². The van der Waals surface area contributed by atoms with Gasteiger partial charge in [0.15, 0.2) is 0 Å². The van der Waals surface area contributed by atoms with Gasteiger partial charge in [-0.3, -0.25) is 0 Å². The lowest BCUT2D eigenvalue weighted by atomic mass is 10.2. The largest absolute Gasteiger partial charge is 0.378 e. The molecule has 20 heavy (non-hydrogen) atoms. The maximum Gasteiger partial charge on any atom is 0.341 e. The third-order valence-corrected chi connectivity index (χ3v) is 4.63. The molecule has 0 amide bonds. The fraction of sp³-hybridized carbons (Fsp3) is 0.500. The van der Waals surface area contributed by atoms with E-state index in [0.29, 0.717) is 5.69 Å². The molecule has 0 bridgehead atoms. The van der Waals surface area contributed by atoms with Crippen LogP contribution in [-0.4, -0.2) is 46.5 Å². The molecule has 0 spiro atoms. The number of benzene rings is 1. The first-order chi connectivity index (χ1) is 9.45. The zero-order valence-electron chi connectivity index (χ0n) is 10.8. The van der Waals surface area contributed by atoms with Crippen molar-refractivity contribution in [1.29, 1.82) is 0 Å². The highest BCUT2D eigenvalue weighted by atomic mass is 32.2. The second-order valence-corrected chi connectivity index (χ2v) is 6.43. The first-order valence-electron chi connectivity index (χ1n) is 6.07. The highest BCUT2D eigenvalue weighted by Crippen LogP contribution is 2.21. The van der Waals surface area contributed by atoms with Crippen molar-refractivity contribution in [2.24, 2.45) is 0 Å². The number of sulfone groups is 1. The molecule has 1 aromatic rings. The Bertz CT molecular complexity index is 548. The van der Waals surface area contributed by atoms with Crippen LogP contribution in [0.5, 0.6) is 0 Å². The lowest BCUT2D eigenvalue weighted by Gasteiger charge is -2.19. The van der Waals surface area contributed by atoms with Gasteiger partial charge >= 0.3 is 5.76 Å². The zero-order valence-corrected chi connectivity index (χ0v) is 11.7. The van der Waals surface area contributed by atoms with Gasteiger partial charge in [0.05, 0.1) is 17.0 Å². The molecule has 1 heterocycles. The number of hydrogen-bond donors (Lipinski definition) is 2. The first kappa shape index (κ1) is 15.1. The highest BCUT2D eigenvalue weighted by Gasteiger charge is 2.28. The summed E-state index contributed by atoms with van der Waals surface area (Å²) < 4.78 is 52.6. The van der Waals surface area contributed by atoms with Gasteiger partial charge in [0, 0.05) is 25.9 Å². The molecule has 0 aliphatic carbocycles. The van der Waals surface area contributed by atoms with Gasteiger partial charge in [0.25, 0.3) is 0 Å². The van der Waals surface area contributed by atoms with E-state index in [2.05, 4.69) is 10.6 Å². The van der Waals surface area contributed by atoms with Crippen molar-refractivity contribution in [3.05, 3.63) is 24.3 Å². The molecule has 1 aliphatic heterocycles. The Morgan fingerprint density at radius 3 is 2.50 bits per heavy atom. The van der Waals surface area contributed by atoms with E-state index in [4.69, 9.17) is 4.74 Å². The van der Waals surface area contributed by atoms with E-state index in [1.165, 1.54) is 24.3 Å². The van der Waals surface area contributed by atoms with Crippen LogP contribution in [0, 0.1) is 0 Å². The van der Waals surface area contributed by atoms with E-state index < -0.39 is 15.6 Å². The average molecular weight is 306 g/mol. The van der Waals surface area contributed by atoms with E-state index >= 15 is 0 Å². The molecule has 2 rings (SSSR count). The first-order valence-corrected chi connectivity index (χ1v) is 7.62. The molecule has 2 N–H and O–H groups in total. The number of ether oxygens (including phenoxy) is 1. The van der Waals surface area contributed by atoms with Crippen molar-refractivity contribution in [3.8, 4) is 0 Å². The third kappa shape index (κ3) is 3.08. The average Bonchev–Trinajstić information content (AvgIpc) is 2.86. The van der Waals surface area contributed by atoms with Crippen LogP contribution in [-0.2, 0) is 14.6 Å². The molecular weight excluding hydrogens is 290 g/mol. The Balaban J connectivity index is 2.09. The molecule has 112 valence electrons. The van der Waals surface area contributed by atoms with Crippen LogP contribution < -0.4 is 10.6 Å². The van der Waals surface area contributed by atoms with Crippen LogP contribution in [0.4, 0.5) is 14.5 Å². The van der Waals surface area contributed by atoms with Gasteiger partial charge in [0.1, 0.15) is 0 Å². The van der Waals surface area contributed by atoms with E-state index in [1.807, 2.05) is 0 Å². The van der Waals surface area contributed by atoms with Crippen LogP contribution >= 0.6 is 0 Å². The summed E-state index contributed by atoms with van der Waals surface area (Å²) in [5, 5.41) is 6.34. The molecule has 0 saturated carbocycles. The molecule has 1 aromatic carbocycles. The van der Waals surface area contributed by atoms with E-state index in [0.717, 1.165) is 13.1 Å². The number of methoxy groups -OCH3 is 1. The zero-order chi connectivity index (χ0) is 14.8. The SMILES string of the molecule is CO[C@H]1CNCC1Nc1ccc(S(=O)(=O)C(F)F)cc1. The van der Waals surface area contributed by atoms with E-state index in [1.54, 1.807) is 7.11 Å². The van der Waals surface area contributed by atoms with Crippen LogP contribution in [0.3, 0.4) is 0 Å². The normalized spacial score (nSPS) is 23.2. The number of halogens is 2. The van der Waals surface area contributed by atoms with Gasteiger partial charge in [-0.25, -0.2) is 8.42 Å². The summed E-state index contributed by atoms with van der Waals surface area (Å²) in [6.45, 7) is 1.45. The minimum absolute atomic E-state index is 0.0134. The van der Waals surface area contributed by atoms with Crippen molar-refractivity contribution in [2.45, 2.75) is 22.8 Å². The van der Waals surface area contributed by atoms with Crippen molar-refractivity contribution in [2.75, 3.05) is 25.5 Å². The minimum atomic E-state index is -4.53. The summed E-state index contributed by atoms with van der Waals surface area (Å²) in [5.41, 5.74) is 0.661. The van der Waals surface area contributed by atoms with E-state index in [9.17, 15) is 17.2 Å². The van der Waals surface area contributed by atoms with Gasteiger partial charge in [-0.2, -0.15) is 8.78 Å². The summed E-state index contributed by atoms with van der Waals surface area (Å²) >= 11 is 0. The second kappa shape index (κ2) is 6.02. The lowest BCUT2D eigenvalue weighted by molar-refractivity contribution is 0.111. The Morgan fingerprint density at radius 2 is 1.95 bits per heavy atom. The fourth-order valence-electron chi connectivity index (χ4n) is 2.10. The summed E-state index contributed by atoms with van der Waals surface area (Å²) in [5.74, 6) is -3.40. The van der Waals surface area contributed by atoms with E-state index in [-0.39, 0.29) is 17.0 Å². The van der Waals surface area contributed by atoms with Crippen LogP contribution in [0.2, 0.25) is 0 Å². The number of rotatable bonds is 5. The Hall–Kier alpha value is -1.25.